The first-order valence-electron chi connectivity index (χ1n) is 5.33. The molecule has 0 unspecified atom stereocenters. The van der Waals surface area contributed by atoms with E-state index >= 15 is 0 Å². The Labute approximate surface area is 99.6 Å². The van der Waals surface area contributed by atoms with Crippen LogP contribution in [0.4, 0.5) is 0 Å². The molecule has 3 heteroatoms. The molecule has 0 bridgehead atoms. The minimum absolute atomic E-state index is 0.00167. The minimum atomic E-state index is 0.00167. The van der Waals surface area contributed by atoms with Crippen LogP contribution in [0.25, 0.3) is 11.1 Å². The zero-order valence-corrected chi connectivity index (χ0v) is 9.73. The van der Waals surface area contributed by atoms with Crippen LogP contribution >= 0.6 is 0 Å². The summed E-state index contributed by atoms with van der Waals surface area (Å²) in [5, 5.41) is 29.4. The van der Waals surface area contributed by atoms with Gasteiger partial charge in [0.05, 0.1) is 5.56 Å². The van der Waals surface area contributed by atoms with Crippen LogP contribution in [0, 0.1) is 13.8 Å². The summed E-state index contributed by atoms with van der Waals surface area (Å²) in [7, 11) is 0. The first-order chi connectivity index (χ1) is 8.02. The molecule has 0 aromatic heterocycles. The normalized spacial score (nSPS) is 10.5. The maximum Gasteiger partial charge on any atom is 0.127 e. The summed E-state index contributed by atoms with van der Waals surface area (Å²) >= 11 is 0. The van der Waals surface area contributed by atoms with E-state index < -0.39 is 0 Å². The predicted molar refractivity (Wildman–Crippen MR) is 66.3 cm³/mol. The number of phenolic OH excluding ortho intramolecular Hbond substituents is 3. The standard InChI is InChI=1S/C14H14O3/c1-8-6-7-10(15)9(2)13(8)14-11(16)4-3-5-12(14)17/h3-7,15-17H,1-2H3. The molecule has 0 heterocycles. The molecule has 17 heavy (non-hydrogen) atoms. The molecule has 0 radical (unpaired) electrons. The highest BCUT2D eigenvalue weighted by Crippen LogP contribution is 2.42. The number of hydrogen-bond acceptors (Lipinski definition) is 3. The molecule has 0 spiro atoms. The molecule has 0 amide bonds. The summed E-state index contributed by atoms with van der Waals surface area (Å²) in [6.07, 6.45) is 0. The van der Waals surface area contributed by atoms with Crippen molar-refractivity contribution in [1.82, 2.24) is 0 Å². The van der Waals surface area contributed by atoms with E-state index in [1.54, 1.807) is 25.1 Å². The molecule has 3 N–H and O–H groups in total. The average Bonchev–Trinajstić information content (AvgIpc) is 2.28. The van der Waals surface area contributed by atoms with Crippen molar-refractivity contribution in [2.24, 2.45) is 0 Å². The number of aryl methyl sites for hydroxylation is 1. The van der Waals surface area contributed by atoms with Crippen LogP contribution in [0.3, 0.4) is 0 Å². The Morgan fingerprint density at radius 2 is 1.29 bits per heavy atom. The van der Waals surface area contributed by atoms with Crippen molar-refractivity contribution in [2.75, 3.05) is 0 Å². The third-order valence-corrected chi connectivity index (χ3v) is 2.92. The van der Waals surface area contributed by atoms with Crippen molar-refractivity contribution in [3.63, 3.8) is 0 Å². The smallest absolute Gasteiger partial charge is 0.127 e. The third kappa shape index (κ3) is 1.80. The molecule has 0 aliphatic carbocycles. The summed E-state index contributed by atoms with van der Waals surface area (Å²) in [6, 6.07) is 7.95. The quantitative estimate of drug-likeness (QED) is 0.705. The molecule has 0 aliphatic heterocycles. The molecular formula is C14H14O3. The largest absolute Gasteiger partial charge is 0.508 e. The monoisotopic (exact) mass is 230 g/mol. The fourth-order valence-electron chi connectivity index (χ4n) is 2.01. The third-order valence-electron chi connectivity index (χ3n) is 2.92. The van der Waals surface area contributed by atoms with E-state index in [0.29, 0.717) is 16.7 Å². The zero-order valence-electron chi connectivity index (χ0n) is 9.73. The topological polar surface area (TPSA) is 60.7 Å². The zero-order chi connectivity index (χ0) is 12.6. The van der Waals surface area contributed by atoms with Crippen molar-refractivity contribution in [3.8, 4) is 28.4 Å². The molecule has 0 saturated heterocycles. The Morgan fingerprint density at radius 3 is 1.88 bits per heavy atom. The first kappa shape index (κ1) is 11.3. The molecule has 2 rings (SSSR count). The second kappa shape index (κ2) is 4.01. The highest BCUT2D eigenvalue weighted by atomic mass is 16.3. The molecule has 88 valence electrons. The summed E-state index contributed by atoms with van der Waals surface area (Å²) in [6.45, 7) is 3.62. The van der Waals surface area contributed by atoms with Gasteiger partial charge in [0.2, 0.25) is 0 Å². The van der Waals surface area contributed by atoms with Gasteiger partial charge in [-0.25, -0.2) is 0 Å². The van der Waals surface area contributed by atoms with Crippen LogP contribution < -0.4 is 0 Å². The Balaban J connectivity index is 2.82. The minimum Gasteiger partial charge on any atom is -0.508 e. The lowest BCUT2D eigenvalue weighted by atomic mass is 9.94. The predicted octanol–water partition coefficient (Wildman–Crippen LogP) is 3.09. The molecule has 2 aromatic rings. The number of benzene rings is 2. The van der Waals surface area contributed by atoms with Gasteiger partial charge >= 0.3 is 0 Å². The Morgan fingerprint density at radius 1 is 0.706 bits per heavy atom. The number of hydrogen-bond donors (Lipinski definition) is 3. The molecule has 0 aliphatic rings. The summed E-state index contributed by atoms with van der Waals surface area (Å²) in [5.41, 5.74) is 2.55. The van der Waals surface area contributed by atoms with Crippen molar-refractivity contribution < 1.29 is 15.3 Å². The van der Waals surface area contributed by atoms with Crippen LogP contribution in [0.5, 0.6) is 17.2 Å². The van der Waals surface area contributed by atoms with E-state index in [4.69, 9.17) is 0 Å². The second-order valence-electron chi connectivity index (χ2n) is 4.07. The fraction of sp³-hybridized carbons (Fsp3) is 0.143. The van der Waals surface area contributed by atoms with Gasteiger partial charge in [-0.15, -0.1) is 0 Å². The van der Waals surface area contributed by atoms with Gasteiger partial charge in [0.1, 0.15) is 17.2 Å². The fourth-order valence-corrected chi connectivity index (χ4v) is 2.01. The molecular weight excluding hydrogens is 216 g/mol. The van der Waals surface area contributed by atoms with Crippen molar-refractivity contribution in [2.45, 2.75) is 13.8 Å². The van der Waals surface area contributed by atoms with E-state index in [9.17, 15) is 15.3 Å². The summed E-state index contributed by atoms with van der Waals surface area (Å²) < 4.78 is 0. The van der Waals surface area contributed by atoms with E-state index in [0.717, 1.165) is 5.56 Å². The van der Waals surface area contributed by atoms with Crippen molar-refractivity contribution in [1.29, 1.82) is 0 Å². The molecule has 3 nitrogen and oxygen atoms in total. The average molecular weight is 230 g/mol. The van der Waals surface area contributed by atoms with Gasteiger partial charge in [-0.2, -0.15) is 0 Å². The lowest BCUT2D eigenvalue weighted by molar-refractivity contribution is 0.453. The van der Waals surface area contributed by atoms with Crippen LogP contribution in [-0.4, -0.2) is 15.3 Å². The number of aromatic hydroxyl groups is 3. The summed E-state index contributed by atoms with van der Waals surface area (Å²) in [4.78, 5) is 0. The van der Waals surface area contributed by atoms with Crippen molar-refractivity contribution in [3.05, 3.63) is 41.5 Å². The van der Waals surface area contributed by atoms with Crippen LogP contribution in [-0.2, 0) is 0 Å². The first-order valence-corrected chi connectivity index (χ1v) is 5.33. The molecule has 0 atom stereocenters. The lowest BCUT2D eigenvalue weighted by Crippen LogP contribution is -1.90. The Kier molecular flexibility index (Phi) is 2.68. The molecule has 0 saturated carbocycles. The van der Waals surface area contributed by atoms with Crippen LogP contribution in [0.15, 0.2) is 30.3 Å². The maximum atomic E-state index is 9.84. The lowest BCUT2D eigenvalue weighted by Gasteiger charge is -2.14. The van der Waals surface area contributed by atoms with E-state index in [-0.39, 0.29) is 17.2 Å². The summed E-state index contributed by atoms with van der Waals surface area (Å²) in [5.74, 6) is 0.150. The number of rotatable bonds is 1. The van der Waals surface area contributed by atoms with Gasteiger partial charge in [-0.1, -0.05) is 12.1 Å². The molecule has 0 fully saturated rings. The molecule has 2 aromatic carbocycles. The van der Waals surface area contributed by atoms with Crippen molar-refractivity contribution >= 4 is 0 Å². The van der Waals surface area contributed by atoms with Gasteiger partial charge in [0.15, 0.2) is 0 Å². The Hall–Kier alpha value is -2.16. The van der Waals surface area contributed by atoms with Gasteiger partial charge in [-0.05, 0) is 48.7 Å². The highest BCUT2D eigenvalue weighted by molar-refractivity contribution is 5.82. The van der Waals surface area contributed by atoms with Gasteiger partial charge in [0, 0.05) is 0 Å². The van der Waals surface area contributed by atoms with Crippen LogP contribution in [0.2, 0.25) is 0 Å². The van der Waals surface area contributed by atoms with Gasteiger partial charge in [0.25, 0.3) is 0 Å². The van der Waals surface area contributed by atoms with Gasteiger partial charge in [-0.3, -0.25) is 0 Å². The maximum absolute atomic E-state index is 9.84. The van der Waals surface area contributed by atoms with E-state index in [1.807, 2.05) is 6.92 Å². The SMILES string of the molecule is Cc1ccc(O)c(C)c1-c1c(O)cccc1O. The number of phenols is 3. The van der Waals surface area contributed by atoms with Crippen LogP contribution in [0.1, 0.15) is 11.1 Å². The van der Waals surface area contributed by atoms with E-state index in [2.05, 4.69) is 0 Å². The Bertz CT molecular complexity index is 554. The van der Waals surface area contributed by atoms with E-state index in [1.165, 1.54) is 12.1 Å². The second-order valence-corrected chi connectivity index (χ2v) is 4.07. The van der Waals surface area contributed by atoms with Gasteiger partial charge < -0.3 is 15.3 Å². The highest BCUT2D eigenvalue weighted by Gasteiger charge is 2.16.